The maximum Gasteiger partial charge on any atom is 0.276 e. The van der Waals surface area contributed by atoms with Gasteiger partial charge in [-0.15, -0.1) is 5.10 Å². The van der Waals surface area contributed by atoms with E-state index in [0.717, 1.165) is 24.4 Å². The fourth-order valence-corrected chi connectivity index (χ4v) is 3.59. The Morgan fingerprint density at radius 2 is 2.14 bits per heavy atom. The zero-order valence-corrected chi connectivity index (χ0v) is 17.5. The van der Waals surface area contributed by atoms with Crippen molar-refractivity contribution in [1.29, 1.82) is 0 Å². The SMILES string of the molecule is CCC(C)(C)NC(=O)[C@@H](c1c(F)cccc1Cl)N(C(=O)c1csnn1)C1CC1. The van der Waals surface area contributed by atoms with Gasteiger partial charge in [-0.1, -0.05) is 29.1 Å². The summed E-state index contributed by atoms with van der Waals surface area (Å²) in [6.07, 6.45) is 2.14. The van der Waals surface area contributed by atoms with E-state index in [-0.39, 0.29) is 22.3 Å². The van der Waals surface area contributed by atoms with Crippen LogP contribution in [0.1, 0.15) is 62.1 Å². The van der Waals surface area contributed by atoms with Crippen molar-refractivity contribution >= 4 is 34.9 Å². The summed E-state index contributed by atoms with van der Waals surface area (Å²) in [6.45, 7) is 5.69. The van der Waals surface area contributed by atoms with Gasteiger partial charge in [0.05, 0.1) is 0 Å². The van der Waals surface area contributed by atoms with Crippen molar-refractivity contribution in [3.8, 4) is 0 Å². The Hall–Kier alpha value is -2.06. The summed E-state index contributed by atoms with van der Waals surface area (Å²) in [5.41, 5.74) is -0.387. The second-order valence-corrected chi connectivity index (χ2v) is 8.52. The first-order chi connectivity index (χ1) is 13.2. The topological polar surface area (TPSA) is 75.2 Å². The smallest absolute Gasteiger partial charge is 0.276 e. The molecule has 0 unspecified atom stereocenters. The first-order valence-corrected chi connectivity index (χ1v) is 10.3. The summed E-state index contributed by atoms with van der Waals surface area (Å²) in [5.74, 6) is -1.55. The Morgan fingerprint density at radius 1 is 1.43 bits per heavy atom. The highest BCUT2D eigenvalue weighted by molar-refractivity contribution is 7.03. The van der Waals surface area contributed by atoms with Crippen molar-refractivity contribution in [2.24, 2.45) is 0 Å². The molecule has 1 aromatic heterocycles. The van der Waals surface area contributed by atoms with Crippen molar-refractivity contribution in [1.82, 2.24) is 19.8 Å². The third kappa shape index (κ3) is 4.33. The molecule has 1 aliphatic carbocycles. The van der Waals surface area contributed by atoms with E-state index in [2.05, 4.69) is 14.9 Å². The van der Waals surface area contributed by atoms with Crippen molar-refractivity contribution < 1.29 is 14.0 Å². The Morgan fingerprint density at radius 3 is 2.68 bits per heavy atom. The van der Waals surface area contributed by atoms with Gasteiger partial charge in [0.25, 0.3) is 5.91 Å². The summed E-state index contributed by atoms with van der Waals surface area (Å²) in [4.78, 5) is 27.9. The van der Waals surface area contributed by atoms with Gasteiger partial charge in [0, 0.05) is 27.5 Å². The third-order valence-electron chi connectivity index (χ3n) is 4.90. The van der Waals surface area contributed by atoms with Crippen LogP contribution >= 0.6 is 23.1 Å². The van der Waals surface area contributed by atoms with Crippen molar-refractivity contribution in [3.05, 3.63) is 45.7 Å². The van der Waals surface area contributed by atoms with Gasteiger partial charge in [-0.2, -0.15) is 0 Å². The minimum absolute atomic E-state index is 0.00277. The molecule has 3 rings (SSSR count). The predicted molar refractivity (Wildman–Crippen MR) is 106 cm³/mol. The molecule has 0 saturated heterocycles. The molecule has 1 heterocycles. The van der Waals surface area contributed by atoms with Gasteiger partial charge >= 0.3 is 0 Å². The molecular weight excluding hydrogens is 403 g/mol. The fraction of sp³-hybridized carbons (Fsp3) is 0.474. The van der Waals surface area contributed by atoms with Crippen LogP contribution in [0.4, 0.5) is 4.39 Å². The normalized spacial score (nSPS) is 15.2. The van der Waals surface area contributed by atoms with Gasteiger partial charge in [-0.25, -0.2) is 4.39 Å². The lowest BCUT2D eigenvalue weighted by Gasteiger charge is -2.34. The van der Waals surface area contributed by atoms with Gasteiger partial charge in [0.2, 0.25) is 5.91 Å². The minimum Gasteiger partial charge on any atom is -0.349 e. The number of carbonyl (C=O) groups is 2. The van der Waals surface area contributed by atoms with E-state index < -0.39 is 29.2 Å². The summed E-state index contributed by atoms with van der Waals surface area (Å²) >= 11 is 7.33. The molecule has 2 amide bonds. The van der Waals surface area contributed by atoms with Crippen LogP contribution in [0.5, 0.6) is 0 Å². The van der Waals surface area contributed by atoms with Crippen LogP contribution in [0.25, 0.3) is 0 Å². The molecule has 1 aromatic carbocycles. The zero-order valence-electron chi connectivity index (χ0n) is 15.9. The van der Waals surface area contributed by atoms with Crippen molar-refractivity contribution in [2.45, 2.75) is 57.7 Å². The van der Waals surface area contributed by atoms with Crippen LogP contribution < -0.4 is 5.32 Å². The molecule has 6 nitrogen and oxygen atoms in total. The molecule has 0 aliphatic heterocycles. The van der Waals surface area contributed by atoms with Crippen LogP contribution in [0.3, 0.4) is 0 Å². The highest BCUT2D eigenvalue weighted by Gasteiger charge is 2.44. The maximum atomic E-state index is 14.8. The number of hydrogen-bond donors (Lipinski definition) is 1. The molecule has 0 radical (unpaired) electrons. The van der Waals surface area contributed by atoms with Gasteiger partial charge in [-0.05, 0) is 56.8 Å². The van der Waals surface area contributed by atoms with Crippen LogP contribution in [-0.4, -0.2) is 37.9 Å². The minimum atomic E-state index is -1.19. The van der Waals surface area contributed by atoms with E-state index in [1.54, 1.807) is 0 Å². The van der Waals surface area contributed by atoms with Crippen LogP contribution in [0.15, 0.2) is 23.6 Å². The lowest BCUT2D eigenvalue weighted by atomic mass is 9.98. The standard InChI is InChI=1S/C19H22ClFN4O2S/c1-4-19(2,3)22-17(26)16(15-12(20)6-5-7-13(15)21)25(11-8-9-11)18(27)14-10-28-24-23-14/h5-7,10-11,16H,4,8-9H2,1-3H3,(H,22,26)/t16-/m1/s1. The summed E-state index contributed by atoms with van der Waals surface area (Å²) in [6, 6.07) is 2.86. The highest BCUT2D eigenvalue weighted by atomic mass is 35.5. The van der Waals surface area contributed by atoms with Crippen molar-refractivity contribution in [2.75, 3.05) is 0 Å². The van der Waals surface area contributed by atoms with Gasteiger partial charge in [0.15, 0.2) is 5.69 Å². The number of halogens is 2. The van der Waals surface area contributed by atoms with E-state index >= 15 is 0 Å². The van der Waals surface area contributed by atoms with E-state index in [9.17, 15) is 14.0 Å². The summed E-state index contributed by atoms with van der Waals surface area (Å²) < 4.78 is 18.5. The maximum absolute atomic E-state index is 14.8. The number of rotatable bonds is 7. The van der Waals surface area contributed by atoms with Gasteiger partial charge in [-0.3, -0.25) is 9.59 Å². The number of nitrogens with zero attached hydrogens (tertiary/aromatic N) is 3. The number of nitrogens with one attached hydrogen (secondary N) is 1. The van der Waals surface area contributed by atoms with Crippen LogP contribution in [0, 0.1) is 5.82 Å². The average molecular weight is 425 g/mol. The van der Waals surface area contributed by atoms with Crippen LogP contribution in [-0.2, 0) is 4.79 Å². The molecule has 1 saturated carbocycles. The van der Waals surface area contributed by atoms with Gasteiger partial charge in [0.1, 0.15) is 11.9 Å². The Kier molecular flexibility index (Phi) is 6.00. The second kappa shape index (κ2) is 8.13. The van der Waals surface area contributed by atoms with E-state index in [1.165, 1.54) is 28.5 Å². The lowest BCUT2D eigenvalue weighted by Crippen LogP contribution is -2.51. The molecule has 1 N–H and O–H groups in total. The molecule has 0 bridgehead atoms. The Balaban J connectivity index is 2.09. The molecule has 1 aliphatic rings. The first kappa shape index (κ1) is 20.7. The van der Waals surface area contributed by atoms with E-state index in [1.807, 2.05) is 20.8 Å². The lowest BCUT2D eigenvalue weighted by molar-refractivity contribution is -0.128. The second-order valence-electron chi connectivity index (χ2n) is 7.50. The van der Waals surface area contributed by atoms with E-state index in [0.29, 0.717) is 6.42 Å². The summed E-state index contributed by atoms with van der Waals surface area (Å²) in [7, 11) is 0. The van der Waals surface area contributed by atoms with Crippen LogP contribution in [0.2, 0.25) is 5.02 Å². The predicted octanol–water partition coefficient (Wildman–Crippen LogP) is 3.98. The average Bonchev–Trinajstić information content (AvgIpc) is 3.31. The molecular formula is C19H22ClFN4O2S. The number of carbonyl (C=O) groups excluding carboxylic acids is 2. The molecule has 28 heavy (non-hydrogen) atoms. The van der Waals surface area contributed by atoms with Gasteiger partial charge < -0.3 is 10.2 Å². The molecule has 150 valence electrons. The Labute approximate surface area is 172 Å². The molecule has 1 fully saturated rings. The van der Waals surface area contributed by atoms with Crippen molar-refractivity contribution in [3.63, 3.8) is 0 Å². The molecule has 9 heteroatoms. The Bertz CT molecular complexity index is 851. The molecule has 1 atom stereocenters. The number of aromatic nitrogens is 2. The quantitative estimate of drug-likeness (QED) is 0.729. The number of amides is 2. The fourth-order valence-electron chi connectivity index (χ4n) is 2.90. The van der Waals surface area contributed by atoms with E-state index in [4.69, 9.17) is 11.6 Å². The first-order valence-electron chi connectivity index (χ1n) is 9.11. The monoisotopic (exact) mass is 424 g/mol. The number of benzene rings is 1. The molecule has 0 spiro atoms. The summed E-state index contributed by atoms with van der Waals surface area (Å²) in [5, 5.41) is 8.39. The molecule has 2 aromatic rings. The third-order valence-corrected chi connectivity index (χ3v) is 5.73. The highest BCUT2D eigenvalue weighted by Crippen LogP contribution is 2.39. The zero-order chi connectivity index (χ0) is 20.5. The largest absolute Gasteiger partial charge is 0.349 e. The number of hydrogen-bond acceptors (Lipinski definition) is 5.